The van der Waals surface area contributed by atoms with Crippen LogP contribution in [0.3, 0.4) is 0 Å². The van der Waals surface area contributed by atoms with E-state index in [4.69, 9.17) is 0 Å². The summed E-state index contributed by atoms with van der Waals surface area (Å²) in [6.07, 6.45) is 1.26. The topological polar surface area (TPSA) is 20.3 Å². The Kier molecular flexibility index (Phi) is 2.44. The molecule has 1 heterocycles. The Morgan fingerprint density at radius 1 is 1.70 bits per heavy atom. The van der Waals surface area contributed by atoms with Crippen LogP contribution >= 0.6 is 0 Å². The van der Waals surface area contributed by atoms with Crippen molar-refractivity contribution in [3.05, 3.63) is 0 Å². The zero-order valence-corrected chi connectivity index (χ0v) is 6.76. The Balaban J connectivity index is 2.24. The van der Waals surface area contributed by atoms with Gasteiger partial charge in [0.15, 0.2) is 0 Å². The predicted octanol–water partition coefficient (Wildman–Crippen LogP) is 0.917. The second kappa shape index (κ2) is 3.15. The van der Waals surface area contributed by atoms with Crippen molar-refractivity contribution in [3.8, 4) is 0 Å². The Bertz CT molecular complexity index is 133. The quantitative estimate of drug-likeness (QED) is 0.570. The molecular weight excluding hydrogens is 126 g/mol. The summed E-state index contributed by atoms with van der Waals surface area (Å²) in [6.45, 7) is 6.77. The van der Waals surface area contributed by atoms with Gasteiger partial charge in [0.2, 0.25) is 0 Å². The van der Waals surface area contributed by atoms with Crippen LogP contribution in [0.15, 0.2) is 0 Å². The SMILES string of the molecule is CC(=O)CN1CCC(C)C1. The zero-order chi connectivity index (χ0) is 7.56. The fourth-order valence-electron chi connectivity index (χ4n) is 1.48. The van der Waals surface area contributed by atoms with Gasteiger partial charge in [0.05, 0.1) is 6.54 Å². The molecule has 1 atom stereocenters. The molecule has 0 aromatic carbocycles. The number of hydrogen-bond donors (Lipinski definition) is 0. The van der Waals surface area contributed by atoms with Crippen LogP contribution in [0.5, 0.6) is 0 Å². The lowest BCUT2D eigenvalue weighted by Gasteiger charge is -2.11. The molecule has 0 spiro atoms. The number of likely N-dealkylation sites (tertiary alicyclic amines) is 1. The molecule has 0 aromatic heterocycles. The first-order chi connectivity index (χ1) is 4.68. The van der Waals surface area contributed by atoms with E-state index in [9.17, 15) is 4.79 Å². The van der Waals surface area contributed by atoms with Crippen molar-refractivity contribution >= 4 is 5.78 Å². The van der Waals surface area contributed by atoms with Gasteiger partial charge in [0, 0.05) is 6.54 Å². The third-order valence-corrected chi connectivity index (χ3v) is 1.95. The van der Waals surface area contributed by atoms with Gasteiger partial charge in [0.25, 0.3) is 0 Å². The van der Waals surface area contributed by atoms with Gasteiger partial charge in [-0.2, -0.15) is 0 Å². The van der Waals surface area contributed by atoms with Crippen LogP contribution in [0.25, 0.3) is 0 Å². The van der Waals surface area contributed by atoms with Gasteiger partial charge in [-0.25, -0.2) is 0 Å². The van der Waals surface area contributed by atoms with Gasteiger partial charge < -0.3 is 0 Å². The number of carbonyl (C=O) groups excluding carboxylic acids is 1. The zero-order valence-electron chi connectivity index (χ0n) is 6.76. The molecule has 1 aliphatic rings. The lowest BCUT2D eigenvalue weighted by molar-refractivity contribution is -0.117. The van der Waals surface area contributed by atoms with Gasteiger partial charge in [-0.15, -0.1) is 0 Å². The van der Waals surface area contributed by atoms with Gasteiger partial charge >= 0.3 is 0 Å². The van der Waals surface area contributed by atoms with Gasteiger partial charge in [-0.05, 0) is 25.8 Å². The molecule has 0 bridgehead atoms. The molecule has 0 radical (unpaired) electrons. The van der Waals surface area contributed by atoms with E-state index in [2.05, 4.69) is 11.8 Å². The van der Waals surface area contributed by atoms with Crippen molar-refractivity contribution in [1.29, 1.82) is 0 Å². The van der Waals surface area contributed by atoms with Crippen LogP contribution in [0.4, 0.5) is 0 Å². The van der Waals surface area contributed by atoms with Crippen LogP contribution in [0.1, 0.15) is 20.3 Å². The van der Waals surface area contributed by atoms with Crippen LogP contribution in [0.2, 0.25) is 0 Å². The summed E-state index contributed by atoms with van der Waals surface area (Å²) in [7, 11) is 0. The lowest BCUT2D eigenvalue weighted by Crippen LogP contribution is -2.25. The summed E-state index contributed by atoms with van der Waals surface area (Å²) in [4.78, 5) is 12.9. The molecule has 0 aromatic rings. The average Bonchev–Trinajstić information content (AvgIpc) is 2.13. The molecule has 1 fully saturated rings. The number of Topliss-reactive ketones (excluding diaryl/α,β-unsaturated/α-hetero) is 1. The molecule has 1 rings (SSSR count). The van der Waals surface area contributed by atoms with E-state index >= 15 is 0 Å². The number of carbonyl (C=O) groups is 1. The monoisotopic (exact) mass is 141 g/mol. The summed E-state index contributed by atoms with van der Waals surface area (Å²) >= 11 is 0. The Morgan fingerprint density at radius 3 is 2.80 bits per heavy atom. The second-order valence-electron chi connectivity index (χ2n) is 3.33. The molecule has 10 heavy (non-hydrogen) atoms. The molecule has 0 saturated carbocycles. The summed E-state index contributed by atoms with van der Waals surface area (Å²) in [5.41, 5.74) is 0. The molecule has 1 saturated heterocycles. The Labute approximate surface area is 62.2 Å². The highest BCUT2D eigenvalue weighted by atomic mass is 16.1. The first-order valence-corrected chi connectivity index (χ1v) is 3.90. The van der Waals surface area contributed by atoms with E-state index in [1.165, 1.54) is 6.42 Å². The maximum Gasteiger partial charge on any atom is 0.143 e. The molecule has 0 amide bonds. The normalized spacial score (nSPS) is 27.2. The minimum absolute atomic E-state index is 0.286. The molecule has 1 unspecified atom stereocenters. The van der Waals surface area contributed by atoms with Gasteiger partial charge in [-0.1, -0.05) is 6.92 Å². The molecule has 2 nitrogen and oxygen atoms in total. The van der Waals surface area contributed by atoms with Gasteiger partial charge in [0.1, 0.15) is 5.78 Å². The second-order valence-corrected chi connectivity index (χ2v) is 3.33. The molecular formula is C8H15NO. The van der Waals surface area contributed by atoms with Gasteiger partial charge in [-0.3, -0.25) is 9.69 Å². The smallest absolute Gasteiger partial charge is 0.143 e. The van der Waals surface area contributed by atoms with Crippen molar-refractivity contribution < 1.29 is 4.79 Å². The molecule has 0 N–H and O–H groups in total. The van der Waals surface area contributed by atoms with Crippen molar-refractivity contribution in [2.24, 2.45) is 5.92 Å². The largest absolute Gasteiger partial charge is 0.299 e. The maximum absolute atomic E-state index is 10.7. The molecule has 58 valence electrons. The minimum Gasteiger partial charge on any atom is -0.299 e. The standard InChI is InChI=1S/C8H15NO/c1-7-3-4-9(5-7)6-8(2)10/h7H,3-6H2,1-2H3. The highest BCUT2D eigenvalue weighted by Gasteiger charge is 2.18. The molecule has 2 heteroatoms. The van der Waals surface area contributed by atoms with Crippen LogP contribution in [-0.2, 0) is 4.79 Å². The summed E-state index contributed by atoms with van der Waals surface area (Å²) in [5, 5.41) is 0. The van der Waals surface area contributed by atoms with E-state index in [1.54, 1.807) is 6.92 Å². The van der Waals surface area contributed by atoms with E-state index in [0.717, 1.165) is 19.0 Å². The highest BCUT2D eigenvalue weighted by molar-refractivity contribution is 5.77. The summed E-state index contributed by atoms with van der Waals surface area (Å²) in [5.74, 6) is 1.08. The van der Waals surface area contributed by atoms with Crippen LogP contribution < -0.4 is 0 Å². The Hall–Kier alpha value is -0.370. The van der Waals surface area contributed by atoms with Crippen LogP contribution in [-0.4, -0.2) is 30.3 Å². The minimum atomic E-state index is 0.286. The summed E-state index contributed by atoms with van der Waals surface area (Å²) < 4.78 is 0. The number of nitrogens with zero attached hydrogens (tertiary/aromatic N) is 1. The van der Waals surface area contributed by atoms with Crippen molar-refractivity contribution in [3.63, 3.8) is 0 Å². The van der Waals surface area contributed by atoms with E-state index in [1.807, 2.05) is 0 Å². The first kappa shape index (κ1) is 7.73. The van der Waals surface area contributed by atoms with Crippen LogP contribution in [0, 0.1) is 5.92 Å². The number of hydrogen-bond acceptors (Lipinski definition) is 2. The fraction of sp³-hybridized carbons (Fsp3) is 0.875. The third kappa shape index (κ3) is 2.10. The molecule has 0 aliphatic carbocycles. The summed E-state index contributed by atoms with van der Waals surface area (Å²) in [6, 6.07) is 0. The van der Waals surface area contributed by atoms with Crippen molar-refractivity contribution in [2.75, 3.05) is 19.6 Å². The predicted molar refractivity (Wildman–Crippen MR) is 40.9 cm³/mol. The number of ketones is 1. The van der Waals surface area contributed by atoms with E-state index in [0.29, 0.717) is 6.54 Å². The fourth-order valence-corrected chi connectivity index (χ4v) is 1.48. The first-order valence-electron chi connectivity index (χ1n) is 3.90. The third-order valence-electron chi connectivity index (χ3n) is 1.95. The highest BCUT2D eigenvalue weighted by Crippen LogP contribution is 2.13. The van der Waals surface area contributed by atoms with Crippen molar-refractivity contribution in [1.82, 2.24) is 4.90 Å². The average molecular weight is 141 g/mol. The Morgan fingerprint density at radius 2 is 2.40 bits per heavy atom. The lowest BCUT2D eigenvalue weighted by atomic mass is 10.2. The van der Waals surface area contributed by atoms with Crippen molar-refractivity contribution in [2.45, 2.75) is 20.3 Å². The van der Waals surface area contributed by atoms with E-state index < -0.39 is 0 Å². The number of rotatable bonds is 2. The van der Waals surface area contributed by atoms with E-state index in [-0.39, 0.29) is 5.78 Å². The molecule has 1 aliphatic heterocycles. The maximum atomic E-state index is 10.7.